The average Bonchev–Trinajstić information content (AvgIpc) is 3.07. The molecule has 0 spiro atoms. The van der Waals surface area contributed by atoms with E-state index in [9.17, 15) is 19.5 Å². The van der Waals surface area contributed by atoms with E-state index in [4.69, 9.17) is 8.83 Å². The molecule has 2 aromatic heterocycles. The monoisotopic (exact) mass is 410 g/mol. The fourth-order valence-corrected chi connectivity index (χ4v) is 4.41. The van der Waals surface area contributed by atoms with Gasteiger partial charge in [0.15, 0.2) is 0 Å². The Kier molecular flexibility index (Phi) is 5.13. The van der Waals surface area contributed by atoms with E-state index >= 15 is 0 Å². The number of carboxylic acids is 1. The second-order valence-corrected chi connectivity index (χ2v) is 8.08. The van der Waals surface area contributed by atoms with Crippen LogP contribution in [0.25, 0.3) is 21.9 Å². The molecule has 30 heavy (non-hydrogen) atoms. The molecule has 4 rings (SSSR count). The van der Waals surface area contributed by atoms with Gasteiger partial charge in [-0.1, -0.05) is 0 Å². The first-order chi connectivity index (χ1) is 14.3. The minimum Gasteiger partial charge on any atom is -0.548 e. The highest BCUT2D eigenvalue weighted by atomic mass is 16.4. The Labute approximate surface area is 173 Å². The Balaban J connectivity index is 1.75. The zero-order valence-corrected chi connectivity index (χ0v) is 17.4. The maximum atomic E-state index is 12.7. The van der Waals surface area contributed by atoms with Crippen molar-refractivity contribution in [2.75, 3.05) is 13.6 Å². The Morgan fingerprint density at radius 2 is 1.77 bits per heavy atom. The third kappa shape index (κ3) is 3.38. The lowest BCUT2D eigenvalue weighted by Gasteiger charge is -2.17. The smallest absolute Gasteiger partial charge is 0.339 e. The normalized spacial score (nSPS) is 13.6. The highest BCUT2D eigenvalue weighted by molar-refractivity contribution is 6.00. The van der Waals surface area contributed by atoms with E-state index in [-0.39, 0.29) is 18.7 Å². The molecule has 158 valence electrons. The number of fused-ring (bicyclic) bond motifs is 4. The average molecular weight is 410 g/mol. The van der Waals surface area contributed by atoms with E-state index in [1.807, 2.05) is 19.9 Å². The van der Waals surface area contributed by atoms with Crippen molar-refractivity contribution in [1.29, 1.82) is 0 Å². The van der Waals surface area contributed by atoms with Gasteiger partial charge in [0.25, 0.3) is 0 Å². The van der Waals surface area contributed by atoms with E-state index in [1.165, 1.54) is 12.6 Å². The van der Waals surface area contributed by atoms with Gasteiger partial charge >= 0.3 is 5.63 Å². The van der Waals surface area contributed by atoms with E-state index in [0.717, 1.165) is 63.8 Å². The predicted molar refractivity (Wildman–Crippen MR) is 109 cm³/mol. The third-order valence-corrected chi connectivity index (χ3v) is 6.11. The molecule has 3 aromatic rings. The van der Waals surface area contributed by atoms with Crippen molar-refractivity contribution in [1.82, 2.24) is 4.90 Å². The summed E-state index contributed by atoms with van der Waals surface area (Å²) in [4.78, 5) is 36.6. The van der Waals surface area contributed by atoms with Crippen LogP contribution in [0.1, 0.15) is 47.3 Å². The topological polar surface area (TPSA) is 104 Å². The molecule has 0 aliphatic heterocycles. The number of benzene rings is 1. The number of aryl methyl sites for hydroxylation is 4. The predicted octanol–water partition coefficient (Wildman–Crippen LogP) is 2.18. The number of hydrogen-bond acceptors (Lipinski definition) is 6. The van der Waals surface area contributed by atoms with Crippen molar-refractivity contribution < 1.29 is 23.5 Å². The molecule has 7 nitrogen and oxygen atoms in total. The van der Waals surface area contributed by atoms with Gasteiger partial charge in [-0.3, -0.25) is 4.79 Å². The lowest BCUT2D eigenvalue weighted by molar-refractivity contribution is -0.305. The Morgan fingerprint density at radius 3 is 2.50 bits per heavy atom. The van der Waals surface area contributed by atoms with E-state index in [2.05, 4.69) is 0 Å². The summed E-state index contributed by atoms with van der Waals surface area (Å²) in [7, 11) is 1.40. The molecule has 7 heteroatoms. The van der Waals surface area contributed by atoms with Crippen LogP contribution < -0.4 is 10.7 Å². The molecule has 1 aliphatic rings. The summed E-state index contributed by atoms with van der Waals surface area (Å²) in [5.41, 5.74) is 4.10. The van der Waals surface area contributed by atoms with Crippen LogP contribution in [0.5, 0.6) is 0 Å². The van der Waals surface area contributed by atoms with Crippen LogP contribution in [0.3, 0.4) is 0 Å². The molecule has 0 fully saturated rings. The first-order valence-corrected chi connectivity index (χ1v) is 10.2. The molecule has 2 heterocycles. The minimum absolute atomic E-state index is 0.0171. The number of furan rings is 1. The lowest BCUT2D eigenvalue weighted by atomic mass is 9.93. The molecule has 0 atom stereocenters. The standard InChI is InChI=1S/C23H25NO6/c1-12-14(8-9-19(25)24(3)11-20(26)27)23(28)30-21-13(2)22-17(10-16(12)21)15-6-4-5-7-18(15)29-22/h10H,4-9,11H2,1-3H3,(H,26,27)/p-1. The zero-order chi connectivity index (χ0) is 21.6. The largest absolute Gasteiger partial charge is 0.548 e. The molecule has 0 bridgehead atoms. The van der Waals surface area contributed by atoms with Crippen molar-refractivity contribution in [3.8, 4) is 0 Å². The van der Waals surface area contributed by atoms with Gasteiger partial charge in [-0.25, -0.2) is 4.79 Å². The van der Waals surface area contributed by atoms with E-state index in [1.54, 1.807) is 0 Å². The van der Waals surface area contributed by atoms with Crippen LogP contribution in [-0.2, 0) is 28.9 Å². The number of aliphatic carboxylic acids is 1. The molecule has 0 radical (unpaired) electrons. The number of likely N-dealkylation sites (N-methyl/N-ethyl adjacent to an activating group) is 1. The quantitative estimate of drug-likeness (QED) is 0.597. The fourth-order valence-electron chi connectivity index (χ4n) is 4.41. The molecule has 1 aromatic carbocycles. The molecule has 0 unspecified atom stereocenters. The van der Waals surface area contributed by atoms with Gasteiger partial charge in [0, 0.05) is 47.4 Å². The number of carbonyl (C=O) groups is 2. The third-order valence-electron chi connectivity index (χ3n) is 6.11. The summed E-state index contributed by atoms with van der Waals surface area (Å²) >= 11 is 0. The van der Waals surface area contributed by atoms with Crippen molar-refractivity contribution >= 4 is 33.8 Å². The van der Waals surface area contributed by atoms with E-state index < -0.39 is 18.1 Å². The van der Waals surface area contributed by atoms with Crippen molar-refractivity contribution in [3.05, 3.63) is 44.5 Å². The van der Waals surface area contributed by atoms with Crippen molar-refractivity contribution in [2.45, 2.75) is 52.4 Å². The summed E-state index contributed by atoms with van der Waals surface area (Å²) in [6.07, 6.45) is 4.35. The second kappa shape index (κ2) is 7.63. The molecule has 0 saturated carbocycles. The second-order valence-electron chi connectivity index (χ2n) is 8.08. The summed E-state index contributed by atoms with van der Waals surface area (Å²) in [5, 5.41) is 12.6. The van der Waals surface area contributed by atoms with Gasteiger partial charge in [0.1, 0.15) is 16.9 Å². The van der Waals surface area contributed by atoms with E-state index in [0.29, 0.717) is 11.1 Å². The van der Waals surface area contributed by atoms with Crippen LogP contribution in [0.4, 0.5) is 0 Å². The molecular formula is C23H24NO6-. The van der Waals surface area contributed by atoms with Gasteiger partial charge in [0.05, 0.1) is 12.5 Å². The lowest BCUT2D eigenvalue weighted by Crippen LogP contribution is -2.39. The van der Waals surface area contributed by atoms with Crippen LogP contribution in [0.15, 0.2) is 19.7 Å². The zero-order valence-electron chi connectivity index (χ0n) is 17.4. The van der Waals surface area contributed by atoms with Crippen LogP contribution >= 0.6 is 0 Å². The molecule has 0 N–H and O–H groups in total. The summed E-state index contributed by atoms with van der Waals surface area (Å²) in [6.45, 7) is 3.29. The van der Waals surface area contributed by atoms with Gasteiger partial charge < -0.3 is 23.6 Å². The Bertz CT molecular complexity index is 1230. The van der Waals surface area contributed by atoms with Gasteiger partial charge in [-0.05, 0) is 51.2 Å². The maximum Gasteiger partial charge on any atom is 0.339 e. The van der Waals surface area contributed by atoms with Crippen LogP contribution in [-0.4, -0.2) is 30.4 Å². The van der Waals surface area contributed by atoms with Crippen molar-refractivity contribution in [3.63, 3.8) is 0 Å². The van der Waals surface area contributed by atoms with Gasteiger partial charge in [0.2, 0.25) is 5.91 Å². The van der Waals surface area contributed by atoms with Crippen LogP contribution in [0, 0.1) is 13.8 Å². The SMILES string of the molecule is Cc1c(CCC(=O)N(C)CC(=O)[O-])c(=O)oc2c(C)c3oc4c(c3cc12)CCCC4. The van der Waals surface area contributed by atoms with Crippen molar-refractivity contribution in [2.24, 2.45) is 0 Å². The highest BCUT2D eigenvalue weighted by Crippen LogP contribution is 2.37. The number of amides is 1. The summed E-state index contributed by atoms with van der Waals surface area (Å²) in [6, 6.07) is 2.04. The maximum absolute atomic E-state index is 12.7. The molecule has 1 aliphatic carbocycles. The number of carbonyl (C=O) groups excluding carboxylic acids is 2. The Hall–Kier alpha value is -3.09. The Morgan fingerprint density at radius 1 is 1.07 bits per heavy atom. The molecular weight excluding hydrogens is 386 g/mol. The highest BCUT2D eigenvalue weighted by Gasteiger charge is 2.23. The minimum atomic E-state index is -1.32. The summed E-state index contributed by atoms with van der Waals surface area (Å²) in [5.74, 6) is -0.666. The number of nitrogens with zero attached hydrogens (tertiary/aromatic N) is 1. The fraction of sp³-hybridized carbons (Fsp3) is 0.435. The first kappa shape index (κ1) is 20.2. The summed E-state index contributed by atoms with van der Waals surface area (Å²) < 4.78 is 11.8. The van der Waals surface area contributed by atoms with Gasteiger partial charge in [-0.15, -0.1) is 0 Å². The molecule has 0 saturated heterocycles. The first-order valence-electron chi connectivity index (χ1n) is 10.2. The van der Waals surface area contributed by atoms with Gasteiger partial charge in [-0.2, -0.15) is 0 Å². The number of hydrogen-bond donors (Lipinski definition) is 0. The number of rotatable bonds is 5. The number of carboxylic acid groups (broad SMARTS) is 1. The van der Waals surface area contributed by atoms with Crippen LogP contribution in [0.2, 0.25) is 0 Å². The molecule has 1 amide bonds.